The lowest BCUT2D eigenvalue weighted by Gasteiger charge is -2.16. The van der Waals surface area contributed by atoms with Crippen LogP contribution in [0.1, 0.15) is 38.3 Å². The van der Waals surface area contributed by atoms with Crippen molar-refractivity contribution in [2.45, 2.75) is 40.0 Å². The van der Waals surface area contributed by atoms with Crippen LogP contribution in [0.4, 0.5) is 0 Å². The molecule has 1 aromatic carbocycles. The summed E-state index contributed by atoms with van der Waals surface area (Å²) in [5.41, 5.74) is 1.91. The number of benzene rings is 1. The molecule has 1 aromatic rings. The summed E-state index contributed by atoms with van der Waals surface area (Å²) in [7, 11) is 0. The van der Waals surface area contributed by atoms with Gasteiger partial charge in [0.1, 0.15) is 0 Å². The van der Waals surface area contributed by atoms with Gasteiger partial charge in [-0.3, -0.25) is 9.59 Å². The molecule has 0 radical (unpaired) electrons. The molecule has 0 spiro atoms. The molecule has 0 saturated heterocycles. The third-order valence-electron chi connectivity index (χ3n) is 2.69. The molecule has 0 heterocycles. The van der Waals surface area contributed by atoms with Crippen molar-refractivity contribution < 1.29 is 19.1 Å². The average molecular weight is 276 g/mol. The standard InChI is InChI=1S/C16H20O4/c1-5-7-13-9-10-15(19-11(3)17)16(20-12(4)18)14(13)8-6-2/h6,9-10H,2,5,7-8H2,1,3-4H3. The van der Waals surface area contributed by atoms with Gasteiger partial charge in [0.2, 0.25) is 0 Å². The van der Waals surface area contributed by atoms with Crippen LogP contribution >= 0.6 is 0 Å². The number of hydrogen-bond acceptors (Lipinski definition) is 4. The van der Waals surface area contributed by atoms with Crippen molar-refractivity contribution in [1.29, 1.82) is 0 Å². The van der Waals surface area contributed by atoms with E-state index in [1.54, 1.807) is 12.1 Å². The van der Waals surface area contributed by atoms with Crippen LogP contribution < -0.4 is 9.47 Å². The number of hydrogen-bond donors (Lipinski definition) is 0. The molecule has 0 atom stereocenters. The van der Waals surface area contributed by atoms with Gasteiger partial charge in [-0.25, -0.2) is 0 Å². The molecule has 0 unspecified atom stereocenters. The summed E-state index contributed by atoms with van der Waals surface area (Å²) in [5, 5.41) is 0. The Hall–Kier alpha value is -2.10. The fourth-order valence-electron chi connectivity index (χ4n) is 2.01. The number of carbonyl (C=O) groups excluding carboxylic acids is 2. The van der Waals surface area contributed by atoms with Crippen molar-refractivity contribution in [3.63, 3.8) is 0 Å². The first-order chi connectivity index (χ1) is 9.49. The fraction of sp³-hybridized carbons (Fsp3) is 0.375. The summed E-state index contributed by atoms with van der Waals surface area (Å²) in [6.07, 6.45) is 4.11. The van der Waals surface area contributed by atoms with E-state index in [9.17, 15) is 9.59 Å². The zero-order chi connectivity index (χ0) is 15.1. The molecule has 4 heteroatoms. The Balaban J connectivity index is 3.37. The van der Waals surface area contributed by atoms with Crippen molar-refractivity contribution >= 4 is 11.9 Å². The second kappa shape index (κ2) is 7.48. The molecule has 1 rings (SSSR count). The van der Waals surface area contributed by atoms with Crippen molar-refractivity contribution in [2.24, 2.45) is 0 Å². The minimum atomic E-state index is -0.453. The Morgan fingerprint density at radius 1 is 1.20 bits per heavy atom. The van der Waals surface area contributed by atoms with Gasteiger partial charge in [0, 0.05) is 19.4 Å². The SMILES string of the molecule is C=CCc1c(CCC)ccc(OC(C)=O)c1OC(C)=O. The van der Waals surface area contributed by atoms with Crippen LogP contribution in [0.5, 0.6) is 11.5 Å². The number of ether oxygens (including phenoxy) is 2. The van der Waals surface area contributed by atoms with Crippen molar-refractivity contribution in [3.8, 4) is 11.5 Å². The van der Waals surface area contributed by atoms with Gasteiger partial charge in [-0.15, -0.1) is 6.58 Å². The van der Waals surface area contributed by atoms with Gasteiger partial charge in [-0.2, -0.15) is 0 Å². The molecule has 0 saturated carbocycles. The number of allylic oxidation sites excluding steroid dienone is 1. The van der Waals surface area contributed by atoms with Crippen LogP contribution in [0.15, 0.2) is 24.8 Å². The van der Waals surface area contributed by atoms with Crippen LogP contribution in [-0.2, 0) is 22.4 Å². The Bertz CT molecular complexity index is 517. The Labute approximate surface area is 119 Å². The van der Waals surface area contributed by atoms with E-state index in [0.717, 1.165) is 24.0 Å². The molecule has 0 amide bonds. The minimum absolute atomic E-state index is 0.268. The van der Waals surface area contributed by atoms with E-state index in [0.29, 0.717) is 12.2 Å². The first-order valence-corrected chi connectivity index (χ1v) is 6.62. The zero-order valence-electron chi connectivity index (χ0n) is 12.2. The lowest BCUT2D eigenvalue weighted by Crippen LogP contribution is -2.10. The fourth-order valence-corrected chi connectivity index (χ4v) is 2.01. The van der Waals surface area contributed by atoms with Gasteiger partial charge in [0.05, 0.1) is 0 Å². The Morgan fingerprint density at radius 3 is 2.35 bits per heavy atom. The molecular weight excluding hydrogens is 256 g/mol. The summed E-state index contributed by atoms with van der Waals surface area (Å²) in [5.74, 6) is -0.313. The van der Waals surface area contributed by atoms with Crippen LogP contribution in [-0.4, -0.2) is 11.9 Å². The van der Waals surface area contributed by atoms with E-state index >= 15 is 0 Å². The molecule has 0 bridgehead atoms. The minimum Gasteiger partial charge on any atom is -0.423 e. The predicted octanol–water partition coefficient (Wildman–Crippen LogP) is 3.22. The second-order valence-corrected chi connectivity index (χ2v) is 4.46. The van der Waals surface area contributed by atoms with Crippen molar-refractivity contribution in [2.75, 3.05) is 0 Å². The molecule has 0 fully saturated rings. The van der Waals surface area contributed by atoms with Crippen LogP contribution in [0, 0.1) is 0 Å². The zero-order valence-corrected chi connectivity index (χ0v) is 12.2. The number of carbonyl (C=O) groups is 2. The highest BCUT2D eigenvalue weighted by molar-refractivity contribution is 5.75. The highest BCUT2D eigenvalue weighted by Crippen LogP contribution is 2.35. The lowest BCUT2D eigenvalue weighted by molar-refractivity contribution is -0.134. The van der Waals surface area contributed by atoms with Gasteiger partial charge in [-0.05, 0) is 24.5 Å². The molecule has 0 aromatic heterocycles. The predicted molar refractivity (Wildman–Crippen MR) is 77.0 cm³/mol. The van der Waals surface area contributed by atoms with Crippen LogP contribution in [0.25, 0.3) is 0 Å². The number of rotatable bonds is 6. The third kappa shape index (κ3) is 4.23. The molecule has 20 heavy (non-hydrogen) atoms. The third-order valence-corrected chi connectivity index (χ3v) is 2.69. The summed E-state index contributed by atoms with van der Waals surface area (Å²) in [4.78, 5) is 22.4. The van der Waals surface area contributed by atoms with E-state index in [2.05, 4.69) is 13.5 Å². The maximum absolute atomic E-state index is 11.3. The lowest BCUT2D eigenvalue weighted by atomic mass is 9.99. The van der Waals surface area contributed by atoms with Gasteiger partial charge < -0.3 is 9.47 Å². The van der Waals surface area contributed by atoms with E-state index in [-0.39, 0.29) is 5.75 Å². The second-order valence-electron chi connectivity index (χ2n) is 4.46. The average Bonchev–Trinajstić information content (AvgIpc) is 2.35. The van der Waals surface area contributed by atoms with Gasteiger partial charge >= 0.3 is 11.9 Å². The monoisotopic (exact) mass is 276 g/mol. The Morgan fingerprint density at radius 2 is 1.85 bits per heavy atom. The molecule has 4 nitrogen and oxygen atoms in total. The van der Waals surface area contributed by atoms with E-state index in [1.165, 1.54) is 13.8 Å². The molecular formula is C16H20O4. The summed E-state index contributed by atoms with van der Waals surface area (Å²) < 4.78 is 10.4. The molecule has 0 aliphatic heterocycles. The van der Waals surface area contributed by atoms with Crippen LogP contribution in [0.2, 0.25) is 0 Å². The van der Waals surface area contributed by atoms with E-state index in [4.69, 9.17) is 9.47 Å². The highest BCUT2D eigenvalue weighted by atomic mass is 16.6. The summed E-state index contributed by atoms with van der Waals surface area (Å²) in [6.45, 7) is 8.42. The molecule has 0 aliphatic rings. The van der Waals surface area contributed by atoms with Crippen molar-refractivity contribution in [3.05, 3.63) is 35.9 Å². The summed E-state index contributed by atoms with van der Waals surface area (Å²) >= 11 is 0. The van der Waals surface area contributed by atoms with Gasteiger partial charge in [0.15, 0.2) is 11.5 Å². The van der Waals surface area contributed by atoms with Gasteiger partial charge in [0.25, 0.3) is 0 Å². The maximum Gasteiger partial charge on any atom is 0.308 e. The topological polar surface area (TPSA) is 52.6 Å². The molecule has 0 aliphatic carbocycles. The summed E-state index contributed by atoms with van der Waals surface area (Å²) in [6, 6.07) is 3.56. The van der Waals surface area contributed by atoms with Crippen LogP contribution in [0.3, 0.4) is 0 Å². The first-order valence-electron chi connectivity index (χ1n) is 6.62. The number of aryl methyl sites for hydroxylation is 1. The quantitative estimate of drug-likeness (QED) is 0.455. The largest absolute Gasteiger partial charge is 0.423 e. The normalized spacial score (nSPS) is 9.95. The molecule has 0 N–H and O–H groups in total. The number of esters is 2. The van der Waals surface area contributed by atoms with Crippen molar-refractivity contribution in [1.82, 2.24) is 0 Å². The van der Waals surface area contributed by atoms with E-state index < -0.39 is 11.9 Å². The Kier molecular flexibility index (Phi) is 5.97. The smallest absolute Gasteiger partial charge is 0.308 e. The van der Waals surface area contributed by atoms with Gasteiger partial charge in [-0.1, -0.05) is 25.5 Å². The van der Waals surface area contributed by atoms with E-state index in [1.807, 2.05) is 6.07 Å². The molecule has 108 valence electrons. The highest BCUT2D eigenvalue weighted by Gasteiger charge is 2.17. The first kappa shape index (κ1) is 16.0. The maximum atomic E-state index is 11.3.